The summed E-state index contributed by atoms with van der Waals surface area (Å²) in [6, 6.07) is 0. The van der Waals surface area contributed by atoms with Crippen LogP contribution in [0.4, 0.5) is 0 Å². The average molecular weight is 206 g/mol. The second-order valence-corrected chi connectivity index (χ2v) is 6.30. The van der Waals surface area contributed by atoms with Gasteiger partial charge in [-0.1, -0.05) is 6.92 Å². The van der Waals surface area contributed by atoms with Crippen LogP contribution in [-0.4, -0.2) is 26.2 Å². The normalized spacial score (nSPS) is 36.4. The van der Waals surface area contributed by atoms with E-state index < -0.39 is 4.08 Å². The standard InChI is InChI=1S/C8H14O2S2/c1-3-6(9)8(2)11-5-4-7(10)12-8/h7,10H,3-5H2,1-2H3. The molecule has 1 saturated heterocycles. The molecule has 12 heavy (non-hydrogen) atoms. The topological polar surface area (TPSA) is 37.3 Å². The predicted molar refractivity (Wildman–Crippen MR) is 54.4 cm³/mol. The monoisotopic (exact) mass is 206 g/mol. The molecule has 4 heteroatoms. The second kappa shape index (κ2) is 4.03. The lowest BCUT2D eigenvalue weighted by molar-refractivity contribution is -0.118. The minimum atomic E-state index is -0.396. The SMILES string of the molecule is CCC(=O)C1(C)SCCC(O)S1. The highest BCUT2D eigenvalue weighted by Crippen LogP contribution is 2.45. The Morgan fingerprint density at radius 2 is 2.42 bits per heavy atom. The Hall–Kier alpha value is 0.330. The van der Waals surface area contributed by atoms with Gasteiger partial charge in [-0.15, -0.1) is 23.5 Å². The molecule has 2 nitrogen and oxygen atoms in total. The van der Waals surface area contributed by atoms with Crippen LogP contribution in [0.15, 0.2) is 0 Å². The smallest absolute Gasteiger partial charge is 0.158 e. The van der Waals surface area contributed by atoms with Gasteiger partial charge in [-0.05, 0) is 19.1 Å². The number of thioether (sulfide) groups is 2. The summed E-state index contributed by atoms with van der Waals surface area (Å²) >= 11 is 3.05. The quantitative estimate of drug-likeness (QED) is 0.748. The number of aliphatic hydroxyl groups excluding tert-OH is 1. The molecule has 1 heterocycles. The van der Waals surface area contributed by atoms with Crippen LogP contribution in [0.25, 0.3) is 0 Å². The Labute approximate surface area is 81.5 Å². The summed E-state index contributed by atoms with van der Waals surface area (Å²) in [5.74, 6) is 1.12. The Balaban J connectivity index is 2.63. The zero-order chi connectivity index (χ0) is 9.19. The number of ketones is 1. The van der Waals surface area contributed by atoms with Crippen molar-refractivity contribution in [3.63, 3.8) is 0 Å². The Morgan fingerprint density at radius 3 is 2.92 bits per heavy atom. The first-order valence-corrected chi connectivity index (χ1v) is 5.98. The van der Waals surface area contributed by atoms with Crippen LogP contribution in [0.5, 0.6) is 0 Å². The van der Waals surface area contributed by atoms with Gasteiger partial charge in [0.15, 0.2) is 5.78 Å². The minimum absolute atomic E-state index is 0.233. The van der Waals surface area contributed by atoms with Crippen molar-refractivity contribution < 1.29 is 9.90 Å². The number of carbonyl (C=O) groups is 1. The van der Waals surface area contributed by atoms with Crippen molar-refractivity contribution in [3.8, 4) is 0 Å². The Kier molecular flexibility index (Phi) is 3.49. The third-order valence-corrected chi connectivity index (χ3v) is 4.98. The fourth-order valence-electron chi connectivity index (χ4n) is 1.17. The van der Waals surface area contributed by atoms with Crippen molar-refractivity contribution >= 4 is 29.3 Å². The van der Waals surface area contributed by atoms with Crippen LogP contribution in [0, 0.1) is 0 Å². The third-order valence-electron chi connectivity index (χ3n) is 1.93. The molecule has 0 radical (unpaired) electrons. The zero-order valence-corrected chi connectivity index (χ0v) is 9.00. The molecule has 0 amide bonds. The Morgan fingerprint density at radius 1 is 1.75 bits per heavy atom. The van der Waals surface area contributed by atoms with Crippen molar-refractivity contribution in [1.82, 2.24) is 0 Å². The molecule has 0 aromatic heterocycles. The molecule has 0 bridgehead atoms. The first-order chi connectivity index (χ1) is 5.58. The van der Waals surface area contributed by atoms with Crippen molar-refractivity contribution in [2.45, 2.75) is 36.2 Å². The summed E-state index contributed by atoms with van der Waals surface area (Å²) in [7, 11) is 0. The zero-order valence-electron chi connectivity index (χ0n) is 7.37. The molecule has 0 aliphatic carbocycles. The molecular weight excluding hydrogens is 192 g/mol. The van der Waals surface area contributed by atoms with Crippen LogP contribution in [0.3, 0.4) is 0 Å². The molecule has 1 N–H and O–H groups in total. The number of Topliss-reactive ketones (excluding diaryl/α,β-unsaturated/α-hetero) is 1. The van der Waals surface area contributed by atoms with Crippen LogP contribution in [0.1, 0.15) is 26.7 Å². The summed E-state index contributed by atoms with van der Waals surface area (Å²) in [4.78, 5) is 11.5. The van der Waals surface area contributed by atoms with Gasteiger partial charge in [-0.3, -0.25) is 4.79 Å². The highest BCUT2D eigenvalue weighted by molar-refractivity contribution is 8.20. The molecule has 70 valence electrons. The second-order valence-electron chi connectivity index (χ2n) is 2.93. The molecule has 1 aliphatic heterocycles. The van der Waals surface area contributed by atoms with Gasteiger partial charge in [-0.25, -0.2) is 0 Å². The largest absolute Gasteiger partial charge is 0.382 e. The van der Waals surface area contributed by atoms with E-state index in [-0.39, 0.29) is 11.2 Å². The van der Waals surface area contributed by atoms with E-state index in [2.05, 4.69) is 0 Å². The molecule has 2 atom stereocenters. The number of hydrogen-bond donors (Lipinski definition) is 1. The summed E-state index contributed by atoms with van der Waals surface area (Å²) in [6.45, 7) is 3.78. The van der Waals surface area contributed by atoms with E-state index in [0.29, 0.717) is 6.42 Å². The minimum Gasteiger partial charge on any atom is -0.382 e. The molecular formula is C8H14O2S2. The van der Waals surface area contributed by atoms with Gasteiger partial charge in [0.1, 0.15) is 9.52 Å². The van der Waals surface area contributed by atoms with Gasteiger partial charge < -0.3 is 5.11 Å². The molecule has 1 fully saturated rings. The maximum absolute atomic E-state index is 11.5. The van der Waals surface area contributed by atoms with E-state index in [9.17, 15) is 9.90 Å². The van der Waals surface area contributed by atoms with Gasteiger partial charge in [0.25, 0.3) is 0 Å². The van der Waals surface area contributed by atoms with Gasteiger partial charge in [-0.2, -0.15) is 0 Å². The first kappa shape index (κ1) is 10.4. The van der Waals surface area contributed by atoms with Gasteiger partial charge in [0.05, 0.1) is 0 Å². The van der Waals surface area contributed by atoms with Crippen LogP contribution in [-0.2, 0) is 4.79 Å². The van der Waals surface area contributed by atoms with E-state index in [1.54, 1.807) is 11.8 Å². The maximum atomic E-state index is 11.5. The number of hydrogen-bond acceptors (Lipinski definition) is 4. The molecule has 0 aromatic carbocycles. The van der Waals surface area contributed by atoms with Crippen LogP contribution >= 0.6 is 23.5 Å². The number of aliphatic hydroxyl groups is 1. The predicted octanol–water partition coefficient (Wildman–Crippen LogP) is 1.87. The van der Waals surface area contributed by atoms with E-state index in [1.807, 2.05) is 13.8 Å². The number of carbonyl (C=O) groups excluding carboxylic acids is 1. The highest BCUT2D eigenvalue weighted by Gasteiger charge is 2.38. The van der Waals surface area contributed by atoms with Crippen LogP contribution < -0.4 is 0 Å². The van der Waals surface area contributed by atoms with Crippen molar-refractivity contribution in [2.75, 3.05) is 5.75 Å². The van der Waals surface area contributed by atoms with E-state index in [4.69, 9.17) is 0 Å². The fourth-order valence-corrected chi connectivity index (χ4v) is 4.25. The summed E-state index contributed by atoms with van der Waals surface area (Å²) < 4.78 is -0.396. The highest BCUT2D eigenvalue weighted by atomic mass is 32.2. The van der Waals surface area contributed by atoms with E-state index in [0.717, 1.165) is 12.2 Å². The number of rotatable bonds is 2. The summed E-state index contributed by atoms with van der Waals surface area (Å²) in [5, 5.41) is 9.39. The lowest BCUT2D eigenvalue weighted by Crippen LogP contribution is -2.34. The maximum Gasteiger partial charge on any atom is 0.158 e. The van der Waals surface area contributed by atoms with E-state index in [1.165, 1.54) is 11.8 Å². The summed E-state index contributed by atoms with van der Waals surface area (Å²) in [6.07, 6.45) is 1.35. The molecule has 2 unspecified atom stereocenters. The van der Waals surface area contributed by atoms with Gasteiger partial charge >= 0.3 is 0 Å². The van der Waals surface area contributed by atoms with Gasteiger partial charge in [0.2, 0.25) is 0 Å². The van der Waals surface area contributed by atoms with Gasteiger partial charge in [0, 0.05) is 6.42 Å². The lowest BCUT2D eigenvalue weighted by Gasteiger charge is -2.33. The molecule has 0 saturated carbocycles. The molecule has 1 rings (SSSR count). The molecule has 0 aromatic rings. The Bertz CT molecular complexity index is 184. The molecule has 1 aliphatic rings. The third kappa shape index (κ3) is 2.18. The lowest BCUT2D eigenvalue weighted by atomic mass is 10.2. The first-order valence-electron chi connectivity index (χ1n) is 4.11. The van der Waals surface area contributed by atoms with E-state index >= 15 is 0 Å². The summed E-state index contributed by atoms with van der Waals surface area (Å²) in [5.41, 5.74) is -0.355. The van der Waals surface area contributed by atoms with Crippen molar-refractivity contribution in [1.29, 1.82) is 0 Å². The van der Waals surface area contributed by atoms with Crippen molar-refractivity contribution in [2.24, 2.45) is 0 Å². The van der Waals surface area contributed by atoms with Crippen molar-refractivity contribution in [3.05, 3.63) is 0 Å². The van der Waals surface area contributed by atoms with Crippen LogP contribution in [0.2, 0.25) is 0 Å². The average Bonchev–Trinajstić information content (AvgIpc) is 2.02. The fraction of sp³-hybridized carbons (Fsp3) is 0.875. The molecule has 0 spiro atoms.